The summed E-state index contributed by atoms with van der Waals surface area (Å²) in [6.45, 7) is 2.26. The van der Waals surface area contributed by atoms with Crippen LogP contribution in [0.5, 0.6) is 0 Å². The van der Waals surface area contributed by atoms with Crippen molar-refractivity contribution in [2.45, 2.75) is 13.0 Å². The van der Waals surface area contributed by atoms with E-state index in [1.807, 2.05) is 23.6 Å². The molecule has 0 aliphatic rings. The Morgan fingerprint density at radius 3 is 2.88 bits per heavy atom. The molecule has 2 aromatic rings. The number of aromatic nitrogens is 1. The number of nitrogens with two attached hydrogens (primary N) is 1. The third kappa shape index (κ3) is 2.14. The summed E-state index contributed by atoms with van der Waals surface area (Å²) in [5, 5.41) is 12.4. The largest absolute Gasteiger partial charge is 0.385 e. The van der Waals surface area contributed by atoms with Crippen molar-refractivity contribution in [1.82, 2.24) is 4.98 Å². The molecule has 0 aliphatic heterocycles. The fourth-order valence-electron chi connectivity index (χ4n) is 1.50. The van der Waals surface area contributed by atoms with Gasteiger partial charge >= 0.3 is 0 Å². The zero-order valence-corrected chi connectivity index (χ0v) is 9.87. The van der Waals surface area contributed by atoms with E-state index < -0.39 is 6.10 Å². The molecule has 1 unspecified atom stereocenters. The van der Waals surface area contributed by atoms with Gasteiger partial charge in [-0.15, -0.1) is 11.3 Å². The molecular weight excluding hydrogens is 220 g/mol. The lowest BCUT2D eigenvalue weighted by molar-refractivity contribution is 0.182. The Bertz CT molecular complexity index is 481. The summed E-state index contributed by atoms with van der Waals surface area (Å²) in [6, 6.07) is 8.08. The lowest BCUT2D eigenvalue weighted by atomic mass is 10.1. The van der Waals surface area contributed by atoms with E-state index in [9.17, 15) is 5.11 Å². The van der Waals surface area contributed by atoms with Gasteiger partial charge in [0.1, 0.15) is 11.1 Å². The van der Waals surface area contributed by atoms with Gasteiger partial charge in [0.2, 0.25) is 0 Å². The van der Waals surface area contributed by atoms with E-state index >= 15 is 0 Å². The van der Waals surface area contributed by atoms with Crippen molar-refractivity contribution >= 4 is 11.3 Å². The molecule has 1 atom stereocenters. The summed E-state index contributed by atoms with van der Waals surface area (Å²) in [7, 11) is 0. The van der Waals surface area contributed by atoms with Gasteiger partial charge in [-0.3, -0.25) is 0 Å². The average Bonchev–Trinajstić information content (AvgIpc) is 2.78. The topological polar surface area (TPSA) is 59.1 Å². The van der Waals surface area contributed by atoms with Gasteiger partial charge in [-0.05, 0) is 12.5 Å². The van der Waals surface area contributed by atoms with Crippen LogP contribution in [0.3, 0.4) is 0 Å². The van der Waals surface area contributed by atoms with Gasteiger partial charge in [0.05, 0.1) is 5.69 Å². The van der Waals surface area contributed by atoms with Gasteiger partial charge in [-0.25, -0.2) is 4.98 Å². The molecular formula is C12H14N2OS. The van der Waals surface area contributed by atoms with Crippen LogP contribution in [0.15, 0.2) is 29.6 Å². The van der Waals surface area contributed by atoms with Crippen LogP contribution < -0.4 is 5.73 Å². The molecule has 1 aromatic heterocycles. The fraction of sp³-hybridized carbons (Fsp3) is 0.250. The van der Waals surface area contributed by atoms with Gasteiger partial charge in [0.15, 0.2) is 0 Å². The van der Waals surface area contributed by atoms with Crippen molar-refractivity contribution in [2.24, 2.45) is 5.73 Å². The minimum atomic E-state index is -0.658. The van der Waals surface area contributed by atoms with E-state index in [0.717, 1.165) is 10.6 Å². The van der Waals surface area contributed by atoms with Crippen LogP contribution in [0.4, 0.5) is 0 Å². The molecule has 84 valence electrons. The number of thiazole rings is 1. The van der Waals surface area contributed by atoms with Crippen molar-refractivity contribution in [3.8, 4) is 10.6 Å². The molecule has 0 saturated carbocycles. The Hall–Kier alpha value is -1.23. The normalized spacial score (nSPS) is 12.7. The first-order chi connectivity index (χ1) is 7.72. The summed E-state index contributed by atoms with van der Waals surface area (Å²) < 4.78 is 0. The van der Waals surface area contributed by atoms with E-state index in [4.69, 9.17) is 5.73 Å². The van der Waals surface area contributed by atoms with Gasteiger partial charge in [-0.2, -0.15) is 0 Å². The van der Waals surface area contributed by atoms with Gasteiger partial charge in [0, 0.05) is 17.5 Å². The molecule has 3 N–H and O–H groups in total. The average molecular weight is 234 g/mol. The summed E-state index contributed by atoms with van der Waals surface area (Å²) in [6.07, 6.45) is -0.658. The molecule has 0 bridgehead atoms. The zero-order chi connectivity index (χ0) is 11.5. The third-order valence-corrected chi connectivity index (χ3v) is 3.36. The summed E-state index contributed by atoms with van der Waals surface area (Å²) in [5.41, 5.74) is 8.35. The first-order valence-corrected chi connectivity index (χ1v) is 6.00. The maximum atomic E-state index is 9.58. The zero-order valence-electron chi connectivity index (χ0n) is 9.05. The molecule has 4 heteroatoms. The van der Waals surface area contributed by atoms with Crippen molar-refractivity contribution < 1.29 is 5.11 Å². The molecule has 0 amide bonds. The van der Waals surface area contributed by atoms with Crippen molar-refractivity contribution in [2.75, 3.05) is 6.54 Å². The second-order valence-electron chi connectivity index (χ2n) is 3.64. The smallest absolute Gasteiger partial charge is 0.123 e. The van der Waals surface area contributed by atoms with Crippen LogP contribution in [0.2, 0.25) is 0 Å². The Morgan fingerprint density at radius 2 is 2.19 bits per heavy atom. The number of aryl methyl sites for hydroxylation is 1. The molecule has 16 heavy (non-hydrogen) atoms. The van der Waals surface area contributed by atoms with Crippen molar-refractivity contribution in [3.63, 3.8) is 0 Å². The van der Waals surface area contributed by atoms with Crippen LogP contribution >= 0.6 is 11.3 Å². The van der Waals surface area contributed by atoms with E-state index in [-0.39, 0.29) is 6.54 Å². The van der Waals surface area contributed by atoms with Gasteiger partial charge in [0.25, 0.3) is 0 Å². The number of aliphatic hydroxyl groups is 1. The second kappa shape index (κ2) is 4.74. The fourth-order valence-corrected chi connectivity index (χ4v) is 2.45. The van der Waals surface area contributed by atoms with E-state index in [1.165, 1.54) is 16.9 Å². The number of benzene rings is 1. The van der Waals surface area contributed by atoms with Crippen LogP contribution in [0.25, 0.3) is 10.6 Å². The lowest BCUT2D eigenvalue weighted by Crippen LogP contribution is -2.11. The predicted molar refractivity (Wildman–Crippen MR) is 66.3 cm³/mol. The Morgan fingerprint density at radius 1 is 1.44 bits per heavy atom. The number of hydrogen-bond donors (Lipinski definition) is 2. The molecule has 0 spiro atoms. The first-order valence-electron chi connectivity index (χ1n) is 5.12. The summed E-state index contributed by atoms with van der Waals surface area (Å²) in [5.74, 6) is 0. The van der Waals surface area contributed by atoms with E-state index in [1.54, 1.807) is 0 Å². The minimum Gasteiger partial charge on any atom is -0.385 e. The minimum absolute atomic E-state index is 0.205. The van der Waals surface area contributed by atoms with E-state index in [2.05, 4.69) is 18.0 Å². The van der Waals surface area contributed by atoms with E-state index in [0.29, 0.717) is 5.69 Å². The Kier molecular flexibility index (Phi) is 3.33. The lowest BCUT2D eigenvalue weighted by Gasteiger charge is -2.03. The predicted octanol–water partition coefficient (Wildman–Crippen LogP) is 2.11. The highest BCUT2D eigenvalue weighted by Gasteiger charge is 2.11. The number of hydrogen-bond acceptors (Lipinski definition) is 4. The highest BCUT2D eigenvalue weighted by molar-refractivity contribution is 7.13. The molecule has 1 heterocycles. The Labute approximate surface area is 98.6 Å². The maximum Gasteiger partial charge on any atom is 0.123 e. The Balaban J connectivity index is 2.35. The molecule has 0 radical (unpaired) electrons. The van der Waals surface area contributed by atoms with Gasteiger partial charge in [-0.1, -0.05) is 24.3 Å². The second-order valence-corrected chi connectivity index (χ2v) is 4.50. The molecule has 2 rings (SSSR count). The highest BCUT2D eigenvalue weighted by atomic mass is 32.1. The van der Waals surface area contributed by atoms with Crippen molar-refractivity contribution in [1.29, 1.82) is 0 Å². The van der Waals surface area contributed by atoms with Crippen LogP contribution in [0.1, 0.15) is 17.4 Å². The number of aliphatic hydroxyl groups excluding tert-OH is 1. The maximum absolute atomic E-state index is 9.58. The summed E-state index contributed by atoms with van der Waals surface area (Å²) >= 11 is 1.53. The first kappa shape index (κ1) is 11.3. The quantitative estimate of drug-likeness (QED) is 0.855. The van der Waals surface area contributed by atoms with Crippen LogP contribution in [-0.2, 0) is 0 Å². The molecule has 0 aliphatic carbocycles. The van der Waals surface area contributed by atoms with Gasteiger partial charge < -0.3 is 10.8 Å². The summed E-state index contributed by atoms with van der Waals surface area (Å²) in [4.78, 5) is 4.40. The third-order valence-electron chi connectivity index (χ3n) is 2.46. The SMILES string of the molecule is Cc1ccccc1-c1nc(C(O)CN)cs1. The number of nitrogens with zero attached hydrogens (tertiary/aromatic N) is 1. The molecule has 1 aromatic carbocycles. The van der Waals surface area contributed by atoms with Crippen LogP contribution in [0, 0.1) is 6.92 Å². The van der Waals surface area contributed by atoms with Crippen LogP contribution in [-0.4, -0.2) is 16.6 Å². The number of rotatable bonds is 3. The molecule has 0 saturated heterocycles. The van der Waals surface area contributed by atoms with Crippen molar-refractivity contribution in [3.05, 3.63) is 40.9 Å². The standard InChI is InChI=1S/C12H14N2OS/c1-8-4-2-3-5-9(8)12-14-10(7-16-12)11(15)6-13/h2-5,7,11,15H,6,13H2,1H3. The monoisotopic (exact) mass is 234 g/mol. The highest BCUT2D eigenvalue weighted by Crippen LogP contribution is 2.28. The molecule has 3 nitrogen and oxygen atoms in total. The molecule has 0 fully saturated rings.